The highest BCUT2D eigenvalue weighted by Gasteiger charge is 2.10. The second kappa shape index (κ2) is 9.27. The van der Waals surface area contributed by atoms with Gasteiger partial charge in [-0.25, -0.2) is 0 Å². The van der Waals surface area contributed by atoms with E-state index in [2.05, 4.69) is 50.9 Å². The SMILES string of the molecule is CCSCCCOc1c(Br)cc(CC(C)N)cc1Br. The predicted molar refractivity (Wildman–Crippen MR) is 92.3 cm³/mol. The predicted octanol–water partition coefficient (Wildman–Crippen LogP) is 4.62. The second-order valence-corrected chi connectivity index (χ2v) is 7.57. The Balaban J connectivity index is 2.59. The van der Waals surface area contributed by atoms with Crippen molar-refractivity contribution in [3.05, 3.63) is 26.6 Å². The van der Waals surface area contributed by atoms with E-state index in [1.807, 2.05) is 18.7 Å². The van der Waals surface area contributed by atoms with Gasteiger partial charge in [0.05, 0.1) is 15.6 Å². The van der Waals surface area contributed by atoms with Gasteiger partial charge in [-0.15, -0.1) is 0 Å². The Labute approximate surface area is 137 Å². The van der Waals surface area contributed by atoms with E-state index in [9.17, 15) is 0 Å². The third kappa shape index (κ3) is 6.52. The van der Waals surface area contributed by atoms with Gasteiger partial charge in [0, 0.05) is 6.04 Å². The van der Waals surface area contributed by atoms with Crippen molar-refractivity contribution in [1.29, 1.82) is 0 Å². The first-order valence-electron chi connectivity index (χ1n) is 6.48. The molecule has 2 nitrogen and oxygen atoms in total. The zero-order valence-corrected chi connectivity index (χ0v) is 15.4. The second-order valence-electron chi connectivity index (χ2n) is 4.47. The van der Waals surface area contributed by atoms with Crippen LogP contribution in [0.5, 0.6) is 5.75 Å². The van der Waals surface area contributed by atoms with Crippen LogP contribution in [-0.4, -0.2) is 24.2 Å². The van der Waals surface area contributed by atoms with Gasteiger partial charge in [0.15, 0.2) is 0 Å². The third-order valence-corrected chi connectivity index (χ3v) is 4.66. The number of hydrogen-bond acceptors (Lipinski definition) is 3. The molecule has 0 fully saturated rings. The lowest BCUT2D eigenvalue weighted by atomic mass is 10.1. The monoisotopic (exact) mass is 409 g/mol. The molecular formula is C14H21Br2NOS. The molecule has 1 atom stereocenters. The maximum Gasteiger partial charge on any atom is 0.147 e. The molecule has 0 saturated heterocycles. The van der Waals surface area contributed by atoms with Gasteiger partial charge in [-0.05, 0) is 80.8 Å². The van der Waals surface area contributed by atoms with Gasteiger partial charge < -0.3 is 10.5 Å². The molecule has 0 aromatic heterocycles. The van der Waals surface area contributed by atoms with Crippen LogP contribution in [0, 0.1) is 0 Å². The normalized spacial score (nSPS) is 12.5. The first-order valence-corrected chi connectivity index (χ1v) is 9.22. The van der Waals surface area contributed by atoms with E-state index in [4.69, 9.17) is 10.5 Å². The summed E-state index contributed by atoms with van der Waals surface area (Å²) in [6.07, 6.45) is 1.93. The van der Waals surface area contributed by atoms with Crippen molar-refractivity contribution in [1.82, 2.24) is 0 Å². The van der Waals surface area contributed by atoms with Crippen molar-refractivity contribution in [3.63, 3.8) is 0 Å². The highest BCUT2D eigenvalue weighted by atomic mass is 79.9. The summed E-state index contributed by atoms with van der Waals surface area (Å²) in [6.45, 7) is 4.93. The first kappa shape index (κ1) is 17.3. The molecular weight excluding hydrogens is 390 g/mol. The maximum absolute atomic E-state index is 5.84. The number of ether oxygens (including phenoxy) is 1. The summed E-state index contributed by atoms with van der Waals surface area (Å²) in [6, 6.07) is 4.34. The minimum atomic E-state index is 0.164. The summed E-state index contributed by atoms with van der Waals surface area (Å²) in [5.74, 6) is 3.20. The summed E-state index contributed by atoms with van der Waals surface area (Å²) in [4.78, 5) is 0. The fraction of sp³-hybridized carbons (Fsp3) is 0.571. The van der Waals surface area contributed by atoms with Crippen LogP contribution in [-0.2, 0) is 6.42 Å². The lowest BCUT2D eigenvalue weighted by molar-refractivity contribution is 0.314. The molecule has 2 N–H and O–H groups in total. The number of halogens is 2. The zero-order chi connectivity index (χ0) is 14.3. The quantitative estimate of drug-likeness (QED) is 0.634. The van der Waals surface area contributed by atoms with Crippen molar-refractivity contribution >= 4 is 43.6 Å². The summed E-state index contributed by atoms with van der Waals surface area (Å²) in [5, 5.41) is 0. The standard InChI is InChI=1S/C14H21Br2NOS/c1-3-19-6-4-5-18-14-12(15)8-11(7-10(2)17)9-13(14)16/h8-10H,3-7,17H2,1-2H3. The average Bonchev–Trinajstić information content (AvgIpc) is 2.31. The van der Waals surface area contributed by atoms with Gasteiger partial charge >= 0.3 is 0 Å². The van der Waals surface area contributed by atoms with Crippen LogP contribution >= 0.6 is 43.6 Å². The fourth-order valence-corrected chi connectivity index (χ4v) is 3.84. The molecule has 0 spiro atoms. The van der Waals surface area contributed by atoms with E-state index >= 15 is 0 Å². The molecule has 5 heteroatoms. The molecule has 0 bridgehead atoms. The number of hydrogen-bond donors (Lipinski definition) is 1. The van der Waals surface area contributed by atoms with E-state index in [0.717, 1.165) is 39.9 Å². The minimum absolute atomic E-state index is 0.164. The van der Waals surface area contributed by atoms with E-state index in [1.54, 1.807) is 0 Å². The van der Waals surface area contributed by atoms with E-state index < -0.39 is 0 Å². The zero-order valence-electron chi connectivity index (χ0n) is 11.4. The van der Waals surface area contributed by atoms with E-state index in [0.29, 0.717) is 0 Å². The van der Waals surface area contributed by atoms with Crippen molar-refractivity contribution in [2.75, 3.05) is 18.1 Å². The maximum atomic E-state index is 5.84. The Bertz CT molecular complexity index is 376. The number of rotatable bonds is 8. The first-order chi connectivity index (χ1) is 9.04. The number of thioether (sulfide) groups is 1. The topological polar surface area (TPSA) is 35.2 Å². The smallest absolute Gasteiger partial charge is 0.147 e. The highest BCUT2D eigenvalue weighted by Crippen LogP contribution is 2.35. The summed E-state index contributed by atoms with van der Waals surface area (Å²) in [7, 11) is 0. The van der Waals surface area contributed by atoms with Gasteiger partial charge in [0.2, 0.25) is 0 Å². The fourth-order valence-electron chi connectivity index (χ4n) is 1.72. The van der Waals surface area contributed by atoms with Crippen LogP contribution in [0.15, 0.2) is 21.1 Å². The molecule has 1 rings (SSSR count). The van der Waals surface area contributed by atoms with E-state index in [1.165, 1.54) is 11.3 Å². The molecule has 0 aliphatic carbocycles. The van der Waals surface area contributed by atoms with Crippen LogP contribution in [0.2, 0.25) is 0 Å². The van der Waals surface area contributed by atoms with Gasteiger partial charge in [-0.1, -0.05) is 6.92 Å². The minimum Gasteiger partial charge on any atom is -0.491 e. The molecule has 1 unspecified atom stereocenters. The lowest BCUT2D eigenvalue weighted by Gasteiger charge is -2.13. The lowest BCUT2D eigenvalue weighted by Crippen LogP contribution is -2.17. The molecule has 1 aromatic carbocycles. The Morgan fingerprint density at radius 3 is 2.47 bits per heavy atom. The van der Waals surface area contributed by atoms with Gasteiger partial charge in [0.25, 0.3) is 0 Å². The van der Waals surface area contributed by atoms with Crippen LogP contribution in [0.4, 0.5) is 0 Å². The third-order valence-electron chi connectivity index (χ3n) is 2.50. The summed E-state index contributed by atoms with van der Waals surface area (Å²) >= 11 is 9.08. The number of benzene rings is 1. The largest absolute Gasteiger partial charge is 0.491 e. The van der Waals surface area contributed by atoms with Crippen LogP contribution in [0.1, 0.15) is 25.8 Å². The van der Waals surface area contributed by atoms with Crippen molar-refractivity contribution in [3.8, 4) is 5.75 Å². The molecule has 0 radical (unpaired) electrons. The van der Waals surface area contributed by atoms with Gasteiger partial charge in [-0.3, -0.25) is 0 Å². The molecule has 19 heavy (non-hydrogen) atoms. The Morgan fingerprint density at radius 2 is 1.95 bits per heavy atom. The van der Waals surface area contributed by atoms with Crippen molar-refractivity contribution in [2.45, 2.75) is 32.7 Å². The van der Waals surface area contributed by atoms with Crippen LogP contribution in [0.25, 0.3) is 0 Å². The average molecular weight is 411 g/mol. The van der Waals surface area contributed by atoms with Crippen molar-refractivity contribution < 1.29 is 4.74 Å². The van der Waals surface area contributed by atoms with Crippen LogP contribution < -0.4 is 10.5 Å². The molecule has 0 heterocycles. The molecule has 1 aromatic rings. The van der Waals surface area contributed by atoms with Gasteiger partial charge in [0.1, 0.15) is 5.75 Å². The molecule has 108 valence electrons. The Kier molecular flexibility index (Phi) is 8.46. The van der Waals surface area contributed by atoms with Gasteiger partial charge in [-0.2, -0.15) is 11.8 Å². The molecule has 0 aliphatic heterocycles. The number of nitrogens with two attached hydrogens (primary N) is 1. The molecule has 0 amide bonds. The highest BCUT2D eigenvalue weighted by molar-refractivity contribution is 9.11. The summed E-state index contributed by atoms with van der Waals surface area (Å²) in [5.41, 5.74) is 7.04. The molecule has 0 saturated carbocycles. The van der Waals surface area contributed by atoms with Crippen LogP contribution in [0.3, 0.4) is 0 Å². The van der Waals surface area contributed by atoms with Crippen molar-refractivity contribution in [2.24, 2.45) is 5.73 Å². The van der Waals surface area contributed by atoms with E-state index in [-0.39, 0.29) is 6.04 Å². The Hall–Kier alpha value is 0.290. The summed E-state index contributed by atoms with van der Waals surface area (Å²) < 4.78 is 7.81. The molecule has 0 aliphatic rings. The Morgan fingerprint density at radius 1 is 1.32 bits per heavy atom.